The highest BCUT2D eigenvalue weighted by atomic mass is 19.3. The zero-order valence-electron chi connectivity index (χ0n) is 12.2. The highest BCUT2D eigenvalue weighted by Gasteiger charge is 2.38. The van der Waals surface area contributed by atoms with Crippen LogP contribution in [0.25, 0.3) is 0 Å². The van der Waals surface area contributed by atoms with Crippen molar-refractivity contribution in [1.82, 2.24) is 5.32 Å². The van der Waals surface area contributed by atoms with Crippen molar-refractivity contribution < 1.29 is 18.3 Å². The molecule has 5 heteroatoms. The van der Waals surface area contributed by atoms with E-state index in [0.29, 0.717) is 5.56 Å². The lowest BCUT2D eigenvalue weighted by Crippen LogP contribution is -2.48. The summed E-state index contributed by atoms with van der Waals surface area (Å²) in [7, 11) is 0. The van der Waals surface area contributed by atoms with Gasteiger partial charge in [0.25, 0.3) is 5.92 Å². The van der Waals surface area contributed by atoms with Crippen molar-refractivity contribution in [3.63, 3.8) is 0 Å². The van der Waals surface area contributed by atoms with E-state index in [0.717, 1.165) is 0 Å². The number of benzene rings is 1. The number of hydrogen-bond donors (Lipinski definition) is 1. The smallest absolute Gasteiger partial charge is 0.408 e. The van der Waals surface area contributed by atoms with Gasteiger partial charge in [0.05, 0.1) is 6.04 Å². The molecule has 1 amide bonds. The van der Waals surface area contributed by atoms with Crippen molar-refractivity contribution in [3.05, 3.63) is 35.9 Å². The number of amides is 1. The quantitative estimate of drug-likeness (QED) is 0.914. The van der Waals surface area contributed by atoms with Gasteiger partial charge in [0.2, 0.25) is 0 Å². The van der Waals surface area contributed by atoms with Crippen LogP contribution in [0.5, 0.6) is 0 Å². The number of halogens is 2. The number of nitrogens with one attached hydrogen (secondary N) is 1. The lowest BCUT2D eigenvalue weighted by molar-refractivity contribution is -0.0348. The highest BCUT2D eigenvalue weighted by Crippen LogP contribution is 2.24. The van der Waals surface area contributed by atoms with Crippen molar-refractivity contribution in [1.29, 1.82) is 0 Å². The molecule has 1 N–H and O–H groups in total. The first kappa shape index (κ1) is 16.4. The summed E-state index contributed by atoms with van der Waals surface area (Å²) >= 11 is 0. The van der Waals surface area contributed by atoms with Crippen LogP contribution >= 0.6 is 0 Å². The molecule has 0 heterocycles. The van der Waals surface area contributed by atoms with E-state index in [1.807, 2.05) is 0 Å². The Balaban J connectivity index is 2.61. The summed E-state index contributed by atoms with van der Waals surface area (Å²) < 4.78 is 33.0. The molecule has 0 unspecified atom stereocenters. The summed E-state index contributed by atoms with van der Waals surface area (Å²) in [6.07, 6.45) is -1.26. The molecule has 1 aromatic carbocycles. The standard InChI is InChI=1S/C15H21F2NO2/c1-11(18-13(19)20-14(2,3)4)15(16,17)10-12-8-6-5-7-9-12/h5-9,11H,10H2,1-4H3,(H,18,19)/t11-/m1/s1. The fourth-order valence-electron chi connectivity index (χ4n) is 1.61. The van der Waals surface area contributed by atoms with Crippen LogP contribution in [-0.2, 0) is 11.2 Å². The summed E-state index contributed by atoms with van der Waals surface area (Å²) in [5.74, 6) is -3.04. The molecule has 1 aromatic rings. The Labute approximate surface area is 118 Å². The molecule has 0 spiro atoms. The van der Waals surface area contributed by atoms with E-state index in [4.69, 9.17) is 4.74 Å². The molecule has 0 aliphatic heterocycles. The second kappa shape index (κ2) is 6.20. The number of carbonyl (C=O) groups is 1. The Bertz CT molecular complexity index is 441. The predicted octanol–water partition coefficient (Wildman–Crippen LogP) is 3.78. The monoisotopic (exact) mass is 285 g/mol. The van der Waals surface area contributed by atoms with Crippen molar-refractivity contribution >= 4 is 6.09 Å². The van der Waals surface area contributed by atoms with Crippen molar-refractivity contribution in [3.8, 4) is 0 Å². The Morgan fingerprint density at radius 3 is 2.30 bits per heavy atom. The van der Waals surface area contributed by atoms with E-state index >= 15 is 0 Å². The second-order valence-corrected chi connectivity index (χ2v) is 5.79. The number of carbonyl (C=O) groups excluding carboxylic acids is 1. The van der Waals surface area contributed by atoms with Gasteiger partial charge in [-0.2, -0.15) is 0 Å². The number of alkyl halides is 2. The average Bonchev–Trinajstić information content (AvgIpc) is 2.26. The van der Waals surface area contributed by atoms with Crippen LogP contribution in [0.3, 0.4) is 0 Å². The van der Waals surface area contributed by atoms with Crippen LogP contribution in [0, 0.1) is 0 Å². The van der Waals surface area contributed by atoms with E-state index < -0.39 is 30.1 Å². The minimum Gasteiger partial charge on any atom is -0.444 e. The van der Waals surface area contributed by atoms with Gasteiger partial charge < -0.3 is 10.1 Å². The normalized spacial score (nSPS) is 13.7. The van der Waals surface area contributed by atoms with Crippen molar-refractivity contribution in [2.45, 2.75) is 51.7 Å². The van der Waals surface area contributed by atoms with Gasteiger partial charge in [0.1, 0.15) is 5.60 Å². The molecule has 0 aromatic heterocycles. The Morgan fingerprint density at radius 1 is 1.25 bits per heavy atom. The number of alkyl carbamates (subject to hydrolysis) is 1. The van der Waals surface area contributed by atoms with E-state index in [2.05, 4.69) is 5.32 Å². The molecular weight excluding hydrogens is 264 g/mol. The molecular formula is C15H21F2NO2. The maximum atomic E-state index is 14.0. The van der Waals surface area contributed by atoms with Gasteiger partial charge in [-0.25, -0.2) is 13.6 Å². The summed E-state index contributed by atoms with van der Waals surface area (Å²) in [6, 6.07) is 7.14. The van der Waals surface area contributed by atoms with Gasteiger partial charge in [-0.15, -0.1) is 0 Å². The Kier molecular flexibility index (Phi) is 5.09. The Hall–Kier alpha value is -1.65. The van der Waals surface area contributed by atoms with Crippen LogP contribution in [0.1, 0.15) is 33.3 Å². The van der Waals surface area contributed by atoms with E-state index in [9.17, 15) is 13.6 Å². The first-order valence-electron chi connectivity index (χ1n) is 6.51. The van der Waals surface area contributed by atoms with Gasteiger partial charge in [-0.05, 0) is 33.3 Å². The maximum Gasteiger partial charge on any atom is 0.408 e. The molecule has 0 fully saturated rings. The zero-order chi connectivity index (χ0) is 15.4. The molecule has 0 saturated carbocycles. The first-order valence-corrected chi connectivity index (χ1v) is 6.51. The third-order valence-corrected chi connectivity index (χ3v) is 2.65. The SMILES string of the molecule is C[C@@H](NC(=O)OC(C)(C)C)C(F)(F)Cc1ccccc1. The van der Waals surface area contributed by atoms with Crippen LogP contribution < -0.4 is 5.32 Å². The highest BCUT2D eigenvalue weighted by molar-refractivity contribution is 5.68. The van der Waals surface area contributed by atoms with E-state index in [-0.39, 0.29) is 0 Å². The minimum absolute atomic E-state index is 0.426. The zero-order valence-corrected chi connectivity index (χ0v) is 12.2. The summed E-state index contributed by atoms with van der Waals surface area (Å²) in [5, 5.41) is 2.19. The molecule has 1 atom stereocenters. The molecule has 0 bridgehead atoms. The summed E-state index contributed by atoms with van der Waals surface area (Å²) in [5.41, 5.74) is -0.186. The Morgan fingerprint density at radius 2 is 1.80 bits per heavy atom. The van der Waals surface area contributed by atoms with Gasteiger partial charge in [-0.1, -0.05) is 30.3 Å². The van der Waals surface area contributed by atoms with E-state index in [1.165, 1.54) is 6.92 Å². The molecule has 1 rings (SSSR count). The third-order valence-electron chi connectivity index (χ3n) is 2.65. The first-order chi connectivity index (χ1) is 9.10. The number of rotatable bonds is 4. The number of hydrogen-bond acceptors (Lipinski definition) is 2. The van der Waals surface area contributed by atoms with Crippen LogP contribution in [-0.4, -0.2) is 23.7 Å². The molecule has 0 aliphatic rings. The topological polar surface area (TPSA) is 38.3 Å². The van der Waals surface area contributed by atoms with Crippen LogP contribution in [0.4, 0.5) is 13.6 Å². The molecule has 0 saturated heterocycles. The van der Waals surface area contributed by atoms with Crippen molar-refractivity contribution in [2.75, 3.05) is 0 Å². The number of ether oxygens (including phenoxy) is 1. The molecule has 20 heavy (non-hydrogen) atoms. The molecule has 0 radical (unpaired) electrons. The largest absolute Gasteiger partial charge is 0.444 e. The van der Waals surface area contributed by atoms with E-state index in [1.54, 1.807) is 51.1 Å². The predicted molar refractivity (Wildman–Crippen MR) is 73.9 cm³/mol. The fraction of sp³-hybridized carbons (Fsp3) is 0.533. The molecule has 112 valence electrons. The minimum atomic E-state index is -3.04. The lowest BCUT2D eigenvalue weighted by Gasteiger charge is -2.27. The fourth-order valence-corrected chi connectivity index (χ4v) is 1.61. The van der Waals surface area contributed by atoms with Crippen LogP contribution in [0.15, 0.2) is 30.3 Å². The molecule has 0 aliphatic carbocycles. The van der Waals surface area contributed by atoms with Gasteiger partial charge in [-0.3, -0.25) is 0 Å². The lowest BCUT2D eigenvalue weighted by atomic mass is 10.0. The second-order valence-electron chi connectivity index (χ2n) is 5.79. The van der Waals surface area contributed by atoms with Crippen LogP contribution in [0.2, 0.25) is 0 Å². The van der Waals surface area contributed by atoms with Gasteiger partial charge in [0.15, 0.2) is 0 Å². The van der Waals surface area contributed by atoms with Gasteiger partial charge >= 0.3 is 6.09 Å². The van der Waals surface area contributed by atoms with Crippen molar-refractivity contribution in [2.24, 2.45) is 0 Å². The summed E-state index contributed by atoms with van der Waals surface area (Å²) in [6.45, 7) is 6.31. The molecule has 3 nitrogen and oxygen atoms in total. The summed E-state index contributed by atoms with van der Waals surface area (Å²) in [4.78, 5) is 11.5. The average molecular weight is 285 g/mol. The third kappa shape index (κ3) is 5.55. The van der Waals surface area contributed by atoms with Gasteiger partial charge in [0, 0.05) is 6.42 Å². The maximum absolute atomic E-state index is 14.0.